The maximum absolute atomic E-state index is 9.85. The number of aryl methyl sites for hydroxylation is 3. The standard InChI is InChI=1S/C32H26BNO2.C7H8/c1-21-8-6-7-11-27(21)28-18-23(13-12-22(28)2)24-14-16-31-29(19-24)30-20-25(33(35)36)15-17-32(30)34(31)26-9-4-3-5-10-26;1-7-5-3-2-4-6-7/h3-20,35-36H,1-2H3;2-6H,1H3. The van der Waals surface area contributed by atoms with Gasteiger partial charge in [-0.25, -0.2) is 0 Å². The average molecular weight is 560 g/mol. The van der Waals surface area contributed by atoms with E-state index < -0.39 is 7.12 Å². The Morgan fingerprint density at radius 3 is 1.70 bits per heavy atom. The van der Waals surface area contributed by atoms with Crippen molar-refractivity contribution in [2.75, 3.05) is 0 Å². The van der Waals surface area contributed by atoms with E-state index in [0.29, 0.717) is 5.46 Å². The average Bonchev–Trinajstić information content (AvgIpc) is 3.36. The minimum absolute atomic E-state index is 0.484. The zero-order valence-corrected chi connectivity index (χ0v) is 24.7. The summed E-state index contributed by atoms with van der Waals surface area (Å²) in [6.45, 7) is 6.39. The summed E-state index contributed by atoms with van der Waals surface area (Å²) in [6.07, 6.45) is 0. The second kappa shape index (κ2) is 12.1. The van der Waals surface area contributed by atoms with Crippen LogP contribution in [0.25, 0.3) is 49.7 Å². The Morgan fingerprint density at radius 2 is 1.05 bits per heavy atom. The zero-order chi connectivity index (χ0) is 29.9. The second-order valence-corrected chi connectivity index (χ2v) is 11.1. The van der Waals surface area contributed by atoms with Crippen molar-refractivity contribution in [3.8, 4) is 27.9 Å². The van der Waals surface area contributed by atoms with E-state index in [0.717, 1.165) is 38.6 Å². The first-order valence-electron chi connectivity index (χ1n) is 14.6. The third kappa shape index (κ3) is 5.76. The first-order chi connectivity index (χ1) is 20.9. The van der Waals surface area contributed by atoms with E-state index in [1.807, 2.05) is 48.5 Å². The first kappa shape index (κ1) is 28.2. The molecule has 0 atom stereocenters. The van der Waals surface area contributed by atoms with Crippen molar-refractivity contribution in [3.05, 3.63) is 156 Å². The van der Waals surface area contributed by atoms with Crippen LogP contribution in [0, 0.1) is 20.8 Å². The summed E-state index contributed by atoms with van der Waals surface area (Å²) in [6, 6.07) is 47.9. The molecular formula is C39H34BNO2. The van der Waals surface area contributed by atoms with Gasteiger partial charge in [-0.15, -0.1) is 0 Å². The van der Waals surface area contributed by atoms with Crippen LogP contribution in [0.5, 0.6) is 0 Å². The van der Waals surface area contributed by atoms with E-state index >= 15 is 0 Å². The van der Waals surface area contributed by atoms with E-state index in [-0.39, 0.29) is 0 Å². The van der Waals surface area contributed by atoms with Crippen molar-refractivity contribution in [1.82, 2.24) is 4.57 Å². The Balaban J connectivity index is 0.000000415. The molecule has 0 amide bonds. The molecule has 0 radical (unpaired) electrons. The van der Waals surface area contributed by atoms with Gasteiger partial charge in [-0.2, -0.15) is 0 Å². The lowest BCUT2D eigenvalue weighted by molar-refractivity contribution is 0.426. The van der Waals surface area contributed by atoms with Gasteiger partial charge in [-0.05, 0) is 96.0 Å². The SMILES string of the molecule is Cc1ccccc1.Cc1ccccc1-c1cc(-c2ccc3c(c2)c2cc(B(O)O)ccc2n3-c2ccccc2)ccc1C. The number of fused-ring (bicyclic) bond motifs is 3. The normalized spacial score (nSPS) is 10.9. The van der Waals surface area contributed by atoms with Crippen LogP contribution in [0.4, 0.5) is 0 Å². The van der Waals surface area contributed by atoms with E-state index in [2.05, 4.69) is 110 Å². The highest BCUT2D eigenvalue weighted by atomic mass is 16.4. The van der Waals surface area contributed by atoms with Crippen LogP contribution in [0.15, 0.2) is 140 Å². The number of benzene rings is 6. The number of nitrogens with zero attached hydrogens (tertiary/aromatic N) is 1. The highest BCUT2D eigenvalue weighted by Crippen LogP contribution is 2.36. The summed E-state index contributed by atoms with van der Waals surface area (Å²) in [4.78, 5) is 0. The monoisotopic (exact) mass is 559 g/mol. The maximum Gasteiger partial charge on any atom is 0.488 e. The van der Waals surface area contributed by atoms with E-state index in [1.165, 1.54) is 27.8 Å². The van der Waals surface area contributed by atoms with E-state index in [9.17, 15) is 10.0 Å². The first-order valence-corrected chi connectivity index (χ1v) is 14.6. The van der Waals surface area contributed by atoms with Crippen molar-refractivity contribution in [2.24, 2.45) is 0 Å². The van der Waals surface area contributed by atoms with Gasteiger partial charge in [0.15, 0.2) is 0 Å². The molecule has 7 aromatic rings. The summed E-state index contributed by atoms with van der Waals surface area (Å²) in [5.41, 5.74) is 12.3. The molecule has 0 unspecified atom stereocenters. The quantitative estimate of drug-likeness (QED) is 0.213. The van der Waals surface area contributed by atoms with Gasteiger partial charge in [0.2, 0.25) is 0 Å². The molecule has 0 aliphatic rings. The molecule has 7 rings (SSSR count). The maximum atomic E-state index is 9.85. The van der Waals surface area contributed by atoms with Gasteiger partial charge in [0.25, 0.3) is 0 Å². The number of hydrogen-bond donors (Lipinski definition) is 2. The van der Waals surface area contributed by atoms with Gasteiger partial charge in [0.05, 0.1) is 11.0 Å². The Bertz CT molecular complexity index is 2030. The topological polar surface area (TPSA) is 45.4 Å². The molecule has 0 fully saturated rings. The minimum atomic E-state index is -1.51. The number of hydrogen-bond acceptors (Lipinski definition) is 2. The molecule has 210 valence electrons. The number of aromatic nitrogens is 1. The third-order valence-electron chi connectivity index (χ3n) is 8.05. The highest BCUT2D eigenvalue weighted by Gasteiger charge is 2.18. The summed E-state index contributed by atoms with van der Waals surface area (Å²) < 4.78 is 2.23. The fourth-order valence-electron chi connectivity index (χ4n) is 5.74. The molecule has 2 N–H and O–H groups in total. The Hall–Kier alpha value is -4.90. The summed E-state index contributed by atoms with van der Waals surface area (Å²) in [5, 5.41) is 21.8. The molecule has 1 aromatic heterocycles. The predicted octanol–water partition coefficient (Wildman–Crippen LogP) is 8.41. The van der Waals surface area contributed by atoms with Crippen LogP contribution in [-0.4, -0.2) is 21.7 Å². The van der Waals surface area contributed by atoms with Gasteiger partial charge in [-0.1, -0.05) is 109 Å². The summed E-state index contributed by atoms with van der Waals surface area (Å²) in [5.74, 6) is 0. The lowest BCUT2D eigenvalue weighted by Gasteiger charge is -2.12. The number of para-hydroxylation sites is 1. The second-order valence-electron chi connectivity index (χ2n) is 11.1. The van der Waals surface area contributed by atoms with Crippen molar-refractivity contribution >= 4 is 34.4 Å². The summed E-state index contributed by atoms with van der Waals surface area (Å²) in [7, 11) is -1.51. The van der Waals surface area contributed by atoms with E-state index in [1.54, 1.807) is 6.07 Å². The fourth-order valence-corrected chi connectivity index (χ4v) is 5.74. The smallest absolute Gasteiger partial charge is 0.423 e. The molecule has 0 spiro atoms. The molecule has 3 nitrogen and oxygen atoms in total. The fraction of sp³-hybridized carbons (Fsp3) is 0.0769. The molecule has 1 heterocycles. The molecule has 0 saturated heterocycles. The molecule has 0 bridgehead atoms. The predicted molar refractivity (Wildman–Crippen MR) is 182 cm³/mol. The van der Waals surface area contributed by atoms with Crippen molar-refractivity contribution < 1.29 is 10.0 Å². The largest absolute Gasteiger partial charge is 0.488 e. The van der Waals surface area contributed by atoms with Crippen molar-refractivity contribution in [3.63, 3.8) is 0 Å². The van der Waals surface area contributed by atoms with Gasteiger partial charge >= 0.3 is 7.12 Å². The Labute approximate surface area is 253 Å². The van der Waals surface area contributed by atoms with E-state index in [4.69, 9.17) is 0 Å². The van der Waals surface area contributed by atoms with Gasteiger partial charge < -0.3 is 14.6 Å². The molecule has 43 heavy (non-hydrogen) atoms. The minimum Gasteiger partial charge on any atom is -0.423 e. The van der Waals surface area contributed by atoms with Crippen LogP contribution < -0.4 is 5.46 Å². The van der Waals surface area contributed by atoms with Crippen LogP contribution in [0.3, 0.4) is 0 Å². The van der Waals surface area contributed by atoms with Crippen LogP contribution in [0.1, 0.15) is 16.7 Å². The molecule has 0 aliphatic heterocycles. The highest BCUT2D eigenvalue weighted by molar-refractivity contribution is 6.59. The Morgan fingerprint density at radius 1 is 0.488 bits per heavy atom. The number of rotatable bonds is 4. The third-order valence-corrected chi connectivity index (χ3v) is 8.05. The molecule has 0 aliphatic carbocycles. The summed E-state index contributed by atoms with van der Waals surface area (Å²) >= 11 is 0. The molecule has 4 heteroatoms. The van der Waals surface area contributed by atoms with Gasteiger partial charge in [0.1, 0.15) is 0 Å². The van der Waals surface area contributed by atoms with Crippen LogP contribution in [0.2, 0.25) is 0 Å². The zero-order valence-electron chi connectivity index (χ0n) is 24.7. The lowest BCUT2D eigenvalue weighted by Crippen LogP contribution is -2.29. The van der Waals surface area contributed by atoms with Crippen LogP contribution >= 0.6 is 0 Å². The van der Waals surface area contributed by atoms with Gasteiger partial charge in [-0.3, -0.25) is 0 Å². The van der Waals surface area contributed by atoms with Crippen molar-refractivity contribution in [1.29, 1.82) is 0 Å². The van der Waals surface area contributed by atoms with Gasteiger partial charge in [0, 0.05) is 16.5 Å². The van der Waals surface area contributed by atoms with Crippen molar-refractivity contribution in [2.45, 2.75) is 20.8 Å². The lowest BCUT2D eigenvalue weighted by atomic mass is 9.80. The Kier molecular flexibility index (Phi) is 7.98. The molecule has 0 saturated carbocycles. The molecule has 6 aromatic carbocycles. The molecular weight excluding hydrogens is 525 g/mol. The van der Waals surface area contributed by atoms with Crippen LogP contribution in [-0.2, 0) is 0 Å².